The minimum absolute atomic E-state index is 0.191. The molecule has 1 N–H and O–H groups in total. The van der Waals surface area contributed by atoms with Crippen molar-refractivity contribution in [3.05, 3.63) is 47.7 Å². The lowest BCUT2D eigenvalue weighted by Gasteiger charge is -2.14. The van der Waals surface area contributed by atoms with Crippen molar-refractivity contribution in [2.45, 2.75) is 33.1 Å². The summed E-state index contributed by atoms with van der Waals surface area (Å²) in [7, 11) is 0. The van der Waals surface area contributed by atoms with E-state index >= 15 is 0 Å². The number of hydrogen-bond acceptors (Lipinski definition) is 3. The number of ether oxygens (including phenoxy) is 1. The molecule has 4 nitrogen and oxygen atoms in total. The second-order valence-electron chi connectivity index (χ2n) is 4.93. The van der Waals surface area contributed by atoms with Gasteiger partial charge in [-0.25, -0.2) is 9.78 Å². The van der Waals surface area contributed by atoms with Crippen LogP contribution in [-0.2, 0) is 6.42 Å². The summed E-state index contributed by atoms with van der Waals surface area (Å²) in [6.07, 6.45) is 2.99. The molecule has 4 heteroatoms. The first-order valence-corrected chi connectivity index (χ1v) is 7.08. The van der Waals surface area contributed by atoms with Gasteiger partial charge >= 0.3 is 6.16 Å². The highest BCUT2D eigenvalue weighted by Crippen LogP contribution is 2.32. The highest BCUT2D eigenvalue weighted by molar-refractivity contribution is 5.73. The smallest absolute Gasteiger partial charge is 0.449 e. The average Bonchev–Trinajstić information content (AvgIpc) is 2.46. The van der Waals surface area contributed by atoms with Crippen LogP contribution in [-0.4, -0.2) is 16.2 Å². The number of aromatic nitrogens is 1. The van der Waals surface area contributed by atoms with Crippen LogP contribution >= 0.6 is 0 Å². The third-order valence-electron chi connectivity index (χ3n) is 3.42. The van der Waals surface area contributed by atoms with Gasteiger partial charge in [-0.2, -0.15) is 0 Å². The minimum Gasteiger partial charge on any atom is -0.449 e. The van der Waals surface area contributed by atoms with Crippen molar-refractivity contribution in [3.8, 4) is 17.0 Å². The number of pyridine rings is 1. The molecule has 0 atom stereocenters. The van der Waals surface area contributed by atoms with Crippen molar-refractivity contribution in [1.82, 2.24) is 4.98 Å². The van der Waals surface area contributed by atoms with Gasteiger partial charge in [-0.3, -0.25) is 0 Å². The van der Waals surface area contributed by atoms with Gasteiger partial charge in [0.2, 0.25) is 5.88 Å². The normalized spacial score (nSPS) is 10.4. The minimum atomic E-state index is -1.33. The number of rotatable bonds is 5. The number of benzene rings is 1. The van der Waals surface area contributed by atoms with Crippen LogP contribution in [0.15, 0.2) is 36.5 Å². The van der Waals surface area contributed by atoms with Crippen LogP contribution < -0.4 is 4.74 Å². The third-order valence-corrected chi connectivity index (χ3v) is 3.42. The van der Waals surface area contributed by atoms with Crippen molar-refractivity contribution in [1.29, 1.82) is 0 Å². The van der Waals surface area contributed by atoms with Gasteiger partial charge in [-0.05, 0) is 42.5 Å². The second kappa shape index (κ2) is 6.88. The van der Waals surface area contributed by atoms with E-state index in [9.17, 15) is 4.79 Å². The Morgan fingerprint density at radius 1 is 1.24 bits per heavy atom. The Labute approximate surface area is 124 Å². The molecule has 0 saturated carbocycles. The Morgan fingerprint density at radius 3 is 2.67 bits per heavy atom. The number of hydrogen-bond donors (Lipinski definition) is 1. The first-order chi connectivity index (χ1) is 10.1. The average molecular weight is 285 g/mol. The van der Waals surface area contributed by atoms with Crippen molar-refractivity contribution in [2.75, 3.05) is 0 Å². The molecule has 1 heterocycles. The maximum absolute atomic E-state index is 10.8. The van der Waals surface area contributed by atoms with Gasteiger partial charge in [0.05, 0.1) is 0 Å². The summed E-state index contributed by atoms with van der Waals surface area (Å²) in [5.41, 5.74) is 4.08. The van der Waals surface area contributed by atoms with E-state index in [0.29, 0.717) is 0 Å². The van der Waals surface area contributed by atoms with Gasteiger partial charge in [0.1, 0.15) is 0 Å². The molecule has 0 bridgehead atoms. The molecule has 0 aliphatic heterocycles. The Morgan fingerprint density at radius 2 is 2.00 bits per heavy atom. The molecular formula is C17H19NO3. The summed E-state index contributed by atoms with van der Waals surface area (Å²) >= 11 is 0. The maximum atomic E-state index is 10.8. The highest BCUT2D eigenvalue weighted by atomic mass is 16.7. The Bertz CT molecular complexity index is 638. The number of nitrogens with zero attached hydrogens (tertiary/aromatic N) is 1. The van der Waals surface area contributed by atoms with Gasteiger partial charge in [0.15, 0.2) is 0 Å². The molecule has 1 aromatic heterocycles. The van der Waals surface area contributed by atoms with Crippen molar-refractivity contribution in [3.63, 3.8) is 0 Å². The van der Waals surface area contributed by atoms with E-state index in [1.54, 1.807) is 6.20 Å². The largest absolute Gasteiger partial charge is 0.512 e. The SMILES string of the molecule is CCCCc1c(-c2ccccc2C)ccnc1OC(=O)O. The first kappa shape index (κ1) is 15.0. The molecule has 0 fully saturated rings. The van der Waals surface area contributed by atoms with Crippen LogP contribution in [0.25, 0.3) is 11.1 Å². The third kappa shape index (κ3) is 3.60. The molecule has 0 aliphatic carbocycles. The van der Waals surface area contributed by atoms with Crippen LogP contribution in [0, 0.1) is 6.92 Å². The Kier molecular flexibility index (Phi) is 4.93. The molecule has 2 aromatic rings. The van der Waals surface area contributed by atoms with E-state index in [-0.39, 0.29) is 5.88 Å². The van der Waals surface area contributed by atoms with Crippen molar-refractivity contribution >= 4 is 6.16 Å². The molecule has 0 radical (unpaired) electrons. The van der Waals surface area contributed by atoms with E-state index < -0.39 is 6.16 Å². The van der Waals surface area contributed by atoms with Gasteiger partial charge in [-0.1, -0.05) is 37.6 Å². The lowest BCUT2D eigenvalue weighted by Crippen LogP contribution is -2.08. The van der Waals surface area contributed by atoms with Crippen molar-refractivity contribution < 1.29 is 14.6 Å². The van der Waals surface area contributed by atoms with Crippen molar-refractivity contribution in [2.24, 2.45) is 0 Å². The van der Waals surface area contributed by atoms with Gasteiger partial charge in [0, 0.05) is 11.8 Å². The summed E-state index contributed by atoms with van der Waals surface area (Å²) in [5, 5.41) is 8.87. The van der Waals surface area contributed by atoms with Gasteiger partial charge in [0.25, 0.3) is 0 Å². The molecule has 110 valence electrons. The number of unbranched alkanes of at least 4 members (excludes halogenated alkanes) is 1. The summed E-state index contributed by atoms with van der Waals surface area (Å²) in [6.45, 7) is 4.14. The summed E-state index contributed by atoms with van der Waals surface area (Å²) < 4.78 is 4.85. The fourth-order valence-corrected chi connectivity index (χ4v) is 2.37. The molecule has 21 heavy (non-hydrogen) atoms. The highest BCUT2D eigenvalue weighted by Gasteiger charge is 2.15. The monoisotopic (exact) mass is 285 g/mol. The Balaban J connectivity index is 2.53. The molecule has 0 amide bonds. The van der Waals surface area contributed by atoms with E-state index in [0.717, 1.165) is 41.5 Å². The molecule has 2 rings (SSSR count). The lowest BCUT2D eigenvalue weighted by molar-refractivity contribution is 0.142. The van der Waals surface area contributed by atoms with Crippen LogP contribution in [0.5, 0.6) is 5.88 Å². The van der Waals surface area contributed by atoms with E-state index in [1.165, 1.54) is 0 Å². The fraction of sp³-hybridized carbons (Fsp3) is 0.294. The zero-order valence-electron chi connectivity index (χ0n) is 12.3. The summed E-state index contributed by atoms with van der Waals surface area (Å²) in [4.78, 5) is 14.9. The van der Waals surface area contributed by atoms with Crippen LogP contribution in [0.4, 0.5) is 4.79 Å². The summed E-state index contributed by atoms with van der Waals surface area (Å²) in [5.74, 6) is 0.191. The first-order valence-electron chi connectivity index (χ1n) is 7.08. The molecule has 0 spiro atoms. The fourth-order valence-electron chi connectivity index (χ4n) is 2.37. The number of carbonyl (C=O) groups is 1. The number of carboxylic acid groups (broad SMARTS) is 1. The van der Waals surface area contributed by atoms with Crippen LogP contribution in [0.2, 0.25) is 0 Å². The topological polar surface area (TPSA) is 59.4 Å². The molecular weight excluding hydrogens is 266 g/mol. The van der Waals surface area contributed by atoms with Crippen LogP contribution in [0.1, 0.15) is 30.9 Å². The molecule has 0 unspecified atom stereocenters. The maximum Gasteiger partial charge on any atom is 0.512 e. The second-order valence-corrected chi connectivity index (χ2v) is 4.93. The zero-order valence-corrected chi connectivity index (χ0v) is 12.3. The Hall–Kier alpha value is -2.36. The standard InChI is InChI=1S/C17H19NO3/c1-3-4-8-15-14(13-9-6-5-7-12(13)2)10-11-18-16(15)21-17(19)20/h5-7,9-11H,3-4,8H2,1-2H3,(H,19,20). The zero-order chi connectivity index (χ0) is 15.2. The molecule has 1 aromatic carbocycles. The quantitative estimate of drug-likeness (QED) is 0.824. The van der Waals surface area contributed by atoms with E-state index in [2.05, 4.69) is 11.9 Å². The predicted octanol–water partition coefficient (Wildman–Crippen LogP) is 4.46. The lowest BCUT2D eigenvalue weighted by atomic mass is 9.94. The van der Waals surface area contributed by atoms with Gasteiger partial charge in [-0.15, -0.1) is 0 Å². The molecule has 0 aliphatic rings. The number of aryl methyl sites for hydroxylation is 1. The predicted molar refractivity (Wildman–Crippen MR) is 81.7 cm³/mol. The van der Waals surface area contributed by atoms with Crippen LogP contribution in [0.3, 0.4) is 0 Å². The molecule has 0 saturated heterocycles. The van der Waals surface area contributed by atoms with E-state index in [4.69, 9.17) is 9.84 Å². The van der Waals surface area contributed by atoms with E-state index in [1.807, 2.05) is 37.3 Å². The van der Waals surface area contributed by atoms with Gasteiger partial charge < -0.3 is 9.84 Å². The summed E-state index contributed by atoms with van der Waals surface area (Å²) in [6, 6.07) is 9.95.